The first-order valence-corrected chi connectivity index (χ1v) is 9.04. The minimum Gasteiger partial charge on any atom is -0.354 e. The first kappa shape index (κ1) is 18.1. The van der Waals surface area contributed by atoms with Crippen LogP contribution in [-0.2, 0) is 6.54 Å². The zero-order valence-corrected chi connectivity index (χ0v) is 16.1. The lowest BCUT2D eigenvalue weighted by Gasteiger charge is -2.11. The van der Waals surface area contributed by atoms with Crippen LogP contribution < -0.4 is 0 Å². The number of nitrogens with zero attached hydrogens (tertiary/aromatic N) is 2. The van der Waals surface area contributed by atoms with Crippen molar-refractivity contribution in [1.29, 1.82) is 0 Å². The Bertz CT molecular complexity index is 1270. The highest BCUT2D eigenvalue weighted by atomic mass is 35.5. The van der Waals surface area contributed by atoms with Gasteiger partial charge in [0.1, 0.15) is 0 Å². The predicted octanol–water partition coefficient (Wildman–Crippen LogP) is 6.05. The highest BCUT2D eigenvalue weighted by Crippen LogP contribution is 2.29. The summed E-state index contributed by atoms with van der Waals surface area (Å²) in [7, 11) is 0. The lowest BCUT2D eigenvalue weighted by atomic mass is 10.0. The number of hydrogen-bond donors (Lipinski definition) is 1. The number of aromatic amines is 1. The Hall–Kier alpha value is -3.30. The van der Waals surface area contributed by atoms with Crippen molar-refractivity contribution < 1.29 is 0 Å². The molecule has 5 aromatic rings. The van der Waals surface area contributed by atoms with Crippen LogP contribution in [0.25, 0.3) is 27.4 Å². The van der Waals surface area contributed by atoms with Crippen molar-refractivity contribution in [2.45, 2.75) is 6.54 Å². The van der Waals surface area contributed by atoms with Crippen molar-refractivity contribution in [3.63, 3.8) is 0 Å². The second kappa shape index (κ2) is 7.37. The van der Waals surface area contributed by atoms with Crippen LogP contribution >= 0.6 is 12.4 Å². The summed E-state index contributed by atoms with van der Waals surface area (Å²) in [5, 5.41) is 2.48. The van der Waals surface area contributed by atoms with Crippen molar-refractivity contribution >= 4 is 39.8 Å². The van der Waals surface area contributed by atoms with Gasteiger partial charge in [-0.25, -0.2) is 4.98 Å². The van der Waals surface area contributed by atoms with Crippen LogP contribution in [0.3, 0.4) is 0 Å². The molecule has 5 rings (SSSR count). The van der Waals surface area contributed by atoms with Crippen LogP contribution in [0.15, 0.2) is 91.9 Å². The third-order valence-electron chi connectivity index (χ3n) is 5.07. The molecule has 3 aromatic carbocycles. The van der Waals surface area contributed by atoms with Crippen LogP contribution in [-0.4, -0.2) is 14.5 Å². The molecule has 0 fully saturated rings. The van der Waals surface area contributed by atoms with E-state index in [2.05, 4.69) is 87.8 Å². The molecule has 0 spiro atoms. The highest BCUT2D eigenvalue weighted by molar-refractivity contribution is 6.07. The van der Waals surface area contributed by atoms with Gasteiger partial charge in [0.2, 0.25) is 0 Å². The summed E-state index contributed by atoms with van der Waals surface area (Å²) < 4.78 is 2.15. The Morgan fingerprint density at radius 3 is 2.50 bits per heavy atom. The molecule has 0 aliphatic rings. The zero-order chi connectivity index (χ0) is 18.2. The van der Waals surface area contributed by atoms with Gasteiger partial charge in [0.25, 0.3) is 0 Å². The number of halogens is 1. The van der Waals surface area contributed by atoms with Crippen molar-refractivity contribution in [3.05, 3.63) is 109 Å². The molecule has 28 heavy (non-hydrogen) atoms. The second-order valence-electron chi connectivity index (χ2n) is 6.80. The number of nitrogens with one attached hydrogen (secondary N) is 1. The summed E-state index contributed by atoms with van der Waals surface area (Å²) in [5.74, 6) is 0. The molecule has 0 aliphatic carbocycles. The monoisotopic (exact) mass is 385 g/mol. The first-order chi connectivity index (χ1) is 13.3. The van der Waals surface area contributed by atoms with E-state index >= 15 is 0 Å². The van der Waals surface area contributed by atoms with Crippen molar-refractivity contribution in [1.82, 2.24) is 14.5 Å². The van der Waals surface area contributed by atoms with E-state index in [1.165, 1.54) is 16.3 Å². The van der Waals surface area contributed by atoms with Gasteiger partial charge in [0, 0.05) is 28.4 Å². The first-order valence-electron chi connectivity index (χ1n) is 9.04. The number of fused-ring (bicyclic) bond motifs is 3. The maximum absolute atomic E-state index is 4.36. The van der Waals surface area contributed by atoms with Crippen LogP contribution in [0.1, 0.15) is 16.8 Å². The molecule has 4 heteroatoms. The molecule has 0 unspecified atom stereocenters. The molecular weight excluding hydrogens is 366 g/mol. The molecule has 2 aromatic heterocycles. The maximum atomic E-state index is 4.36. The fraction of sp³-hybridized carbons (Fsp3) is 0.0417. The number of benzene rings is 3. The Kier molecular flexibility index (Phi) is 4.76. The van der Waals surface area contributed by atoms with E-state index in [0.717, 1.165) is 34.4 Å². The van der Waals surface area contributed by atoms with Gasteiger partial charge in [-0.2, -0.15) is 0 Å². The van der Waals surface area contributed by atoms with E-state index in [1.807, 2.05) is 18.6 Å². The quantitative estimate of drug-likeness (QED) is 0.401. The number of rotatable bonds is 4. The second-order valence-corrected chi connectivity index (χ2v) is 6.80. The van der Waals surface area contributed by atoms with Gasteiger partial charge in [-0.1, -0.05) is 67.2 Å². The van der Waals surface area contributed by atoms with E-state index in [9.17, 15) is 0 Å². The average molecular weight is 386 g/mol. The fourth-order valence-electron chi connectivity index (χ4n) is 3.67. The third kappa shape index (κ3) is 3.10. The van der Waals surface area contributed by atoms with Gasteiger partial charge in [-0.3, -0.25) is 0 Å². The summed E-state index contributed by atoms with van der Waals surface area (Å²) in [5.41, 5.74) is 6.64. The minimum absolute atomic E-state index is 0. The van der Waals surface area contributed by atoms with Gasteiger partial charge in [-0.15, -0.1) is 12.4 Å². The smallest absolute Gasteiger partial charge is 0.0954 e. The number of imidazole rings is 1. The van der Waals surface area contributed by atoms with E-state index in [1.54, 1.807) is 0 Å². The lowest BCUT2D eigenvalue weighted by molar-refractivity contribution is 0.787. The number of hydrogen-bond acceptors (Lipinski definition) is 1. The molecule has 138 valence electrons. The summed E-state index contributed by atoms with van der Waals surface area (Å²) >= 11 is 0. The van der Waals surface area contributed by atoms with Gasteiger partial charge in [-0.05, 0) is 28.8 Å². The Morgan fingerprint density at radius 2 is 1.64 bits per heavy atom. The molecule has 0 bridgehead atoms. The van der Waals surface area contributed by atoms with E-state index in [0.29, 0.717) is 0 Å². The number of H-pyrrole nitrogens is 1. The summed E-state index contributed by atoms with van der Waals surface area (Å²) in [4.78, 5) is 7.87. The fourth-order valence-corrected chi connectivity index (χ4v) is 3.67. The normalized spacial score (nSPS) is 10.9. The van der Waals surface area contributed by atoms with Crippen molar-refractivity contribution in [2.75, 3.05) is 0 Å². The summed E-state index contributed by atoms with van der Waals surface area (Å²) in [6.45, 7) is 5.14. The van der Waals surface area contributed by atoms with E-state index in [-0.39, 0.29) is 12.4 Å². The molecular formula is C24H20ClN3. The molecule has 0 amide bonds. The predicted molar refractivity (Wildman–Crippen MR) is 119 cm³/mol. The van der Waals surface area contributed by atoms with E-state index in [4.69, 9.17) is 0 Å². The Labute approximate surface area is 169 Å². The molecule has 0 saturated heterocycles. The van der Waals surface area contributed by atoms with Crippen LogP contribution in [0.5, 0.6) is 0 Å². The van der Waals surface area contributed by atoms with Gasteiger partial charge in [0.05, 0.1) is 18.2 Å². The molecule has 0 aliphatic heterocycles. The average Bonchev–Trinajstić information content (AvgIpc) is 3.32. The largest absolute Gasteiger partial charge is 0.354 e. The molecule has 0 saturated carbocycles. The molecule has 0 radical (unpaired) electrons. The van der Waals surface area contributed by atoms with Crippen LogP contribution in [0, 0.1) is 0 Å². The Balaban J connectivity index is 0.00000192. The van der Waals surface area contributed by atoms with Gasteiger partial charge in [0.15, 0.2) is 0 Å². The van der Waals surface area contributed by atoms with Gasteiger partial charge >= 0.3 is 0 Å². The standard InChI is InChI=1S/C24H19N3.ClH/c1-17(24-14-25-16-27(24)15-18-7-3-2-4-8-18)19-11-12-21-20-9-5-6-10-22(20)26-23(21)13-19;/h2-14,16,26H,1,15H2;1H. The maximum Gasteiger partial charge on any atom is 0.0954 e. The number of aromatic nitrogens is 3. The zero-order valence-electron chi connectivity index (χ0n) is 15.3. The number of para-hydroxylation sites is 1. The minimum atomic E-state index is 0. The van der Waals surface area contributed by atoms with Crippen LogP contribution in [0.4, 0.5) is 0 Å². The summed E-state index contributed by atoms with van der Waals surface area (Å²) in [6, 6.07) is 25.3. The van der Waals surface area contributed by atoms with Crippen molar-refractivity contribution in [3.8, 4) is 0 Å². The molecule has 3 nitrogen and oxygen atoms in total. The summed E-state index contributed by atoms with van der Waals surface area (Å²) in [6.07, 6.45) is 3.76. The highest BCUT2D eigenvalue weighted by Gasteiger charge is 2.11. The lowest BCUT2D eigenvalue weighted by Crippen LogP contribution is -2.03. The SMILES string of the molecule is C=C(c1ccc2c(c1)[nH]c1ccccc12)c1cncn1Cc1ccccc1.Cl. The van der Waals surface area contributed by atoms with Crippen LogP contribution in [0.2, 0.25) is 0 Å². The Morgan fingerprint density at radius 1 is 0.893 bits per heavy atom. The third-order valence-corrected chi connectivity index (χ3v) is 5.07. The topological polar surface area (TPSA) is 33.6 Å². The molecule has 0 atom stereocenters. The van der Waals surface area contributed by atoms with Crippen molar-refractivity contribution in [2.24, 2.45) is 0 Å². The van der Waals surface area contributed by atoms with E-state index < -0.39 is 0 Å². The molecule has 2 heterocycles. The molecule has 1 N–H and O–H groups in total. The van der Waals surface area contributed by atoms with Gasteiger partial charge < -0.3 is 9.55 Å².